The highest BCUT2D eigenvalue weighted by Crippen LogP contribution is 2.48. The molecule has 0 radical (unpaired) electrons. The third-order valence-electron chi connectivity index (χ3n) is 3.80. The van der Waals surface area contributed by atoms with Gasteiger partial charge in [0.15, 0.2) is 4.90 Å². The van der Waals surface area contributed by atoms with Gasteiger partial charge < -0.3 is 0 Å². The van der Waals surface area contributed by atoms with Crippen molar-refractivity contribution >= 4 is 15.7 Å². The van der Waals surface area contributed by atoms with Crippen molar-refractivity contribution in [3.63, 3.8) is 0 Å². The van der Waals surface area contributed by atoms with Crippen LogP contribution in [0.3, 0.4) is 0 Å². The molecule has 6 nitrogen and oxygen atoms in total. The van der Waals surface area contributed by atoms with Crippen molar-refractivity contribution in [1.82, 2.24) is 4.31 Å². The summed E-state index contributed by atoms with van der Waals surface area (Å²) in [5, 5.41) is 11.1. The summed E-state index contributed by atoms with van der Waals surface area (Å²) < 4.78 is 26.8. The SMILES string of the molecule is C[C@H]1[C@@H](c2ccccc2)N1S(=O)(=O)c1ccccc1[N+](=O)[O-]. The predicted octanol–water partition coefficient (Wildman–Crippen LogP) is 2.73. The Bertz CT molecular complexity index is 820. The van der Waals surface area contributed by atoms with Crippen LogP contribution in [0.15, 0.2) is 59.5 Å². The van der Waals surface area contributed by atoms with E-state index in [2.05, 4.69) is 0 Å². The summed E-state index contributed by atoms with van der Waals surface area (Å²) in [5.74, 6) is 0. The fourth-order valence-corrected chi connectivity index (χ4v) is 4.69. The Morgan fingerprint density at radius 2 is 1.64 bits per heavy atom. The summed E-state index contributed by atoms with van der Waals surface area (Å²) in [6.07, 6.45) is 0. The standard InChI is InChI=1S/C15H14N2O4S/c1-11-15(12-7-3-2-4-8-12)16(11)22(20,21)14-10-6-5-9-13(14)17(18)19/h2-11,15H,1H3/t11-,15-,16?/m0/s1. The number of hydrogen-bond acceptors (Lipinski definition) is 4. The molecule has 0 aromatic heterocycles. The lowest BCUT2D eigenvalue weighted by atomic mass is 10.1. The van der Waals surface area contributed by atoms with Crippen LogP contribution in [0.2, 0.25) is 0 Å². The van der Waals surface area contributed by atoms with Crippen molar-refractivity contribution in [1.29, 1.82) is 0 Å². The molecule has 0 spiro atoms. The maximum absolute atomic E-state index is 12.7. The van der Waals surface area contributed by atoms with E-state index in [9.17, 15) is 18.5 Å². The Balaban J connectivity index is 2.01. The highest BCUT2D eigenvalue weighted by atomic mass is 32.2. The van der Waals surface area contributed by atoms with Crippen LogP contribution in [0, 0.1) is 10.1 Å². The van der Waals surface area contributed by atoms with E-state index < -0.39 is 20.6 Å². The predicted molar refractivity (Wildman–Crippen MR) is 80.8 cm³/mol. The first-order valence-electron chi connectivity index (χ1n) is 6.76. The molecule has 0 saturated carbocycles. The summed E-state index contributed by atoms with van der Waals surface area (Å²) >= 11 is 0. The molecule has 1 saturated heterocycles. The van der Waals surface area contributed by atoms with E-state index in [1.807, 2.05) is 30.3 Å². The number of para-hydroxylation sites is 1. The van der Waals surface area contributed by atoms with Crippen LogP contribution in [0.1, 0.15) is 18.5 Å². The molecule has 1 aliphatic heterocycles. The molecule has 0 aliphatic carbocycles. The van der Waals surface area contributed by atoms with E-state index in [-0.39, 0.29) is 17.0 Å². The van der Waals surface area contributed by atoms with Crippen molar-refractivity contribution in [3.05, 3.63) is 70.3 Å². The molecular formula is C15H14N2O4S. The summed E-state index contributed by atoms with van der Waals surface area (Å²) in [6, 6.07) is 14.2. The number of nitrogens with zero attached hydrogens (tertiary/aromatic N) is 2. The minimum atomic E-state index is -3.90. The summed E-state index contributed by atoms with van der Waals surface area (Å²) in [7, 11) is -3.90. The molecule has 22 heavy (non-hydrogen) atoms. The van der Waals surface area contributed by atoms with Gasteiger partial charge in [-0.1, -0.05) is 42.5 Å². The highest BCUT2D eigenvalue weighted by Gasteiger charge is 2.54. The fraction of sp³-hybridized carbons (Fsp3) is 0.200. The van der Waals surface area contributed by atoms with E-state index in [1.165, 1.54) is 28.6 Å². The molecule has 2 aromatic carbocycles. The lowest BCUT2D eigenvalue weighted by Crippen LogP contribution is -2.15. The van der Waals surface area contributed by atoms with E-state index in [4.69, 9.17) is 0 Å². The van der Waals surface area contributed by atoms with Gasteiger partial charge in [-0.3, -0.25) is 10.1 Å². The van der Waals surface area contributed by atoms with Gasteiger partial charge >= 0.3 is 0 Å². The second-order valence-corrected chi connectivity index (χ2v) is 6.97. The molecule has 3 rings (SSSR count). The summed E-state index contributed by atoms with van der Waals surface area (Å²) in [4.78, 5) is 10.1. The van der Waals surface area contributed by atoms with Crippen LogP contribution in [-0.4, -0.2) is 23.7 Å². The van der Waals surface area contributed by atoms with Crippen molar-refractivity contribution in [2.75, 3.05) is 0 Å². The van der Waals surface area contributed by atoms with Crippen molar-refractivity contribution in [3.8, 4) is 0 Å². The van der Waals surface area contributed by atoms with Gasteiger partial charge in [0.05, 0.1) is 11.0 Å². The minimum absolute atomic E-state index is 0.216. The van der Waals surface area contributed by atoms with Gasteiger partial charge in [-0.25, -0.2) is 8.42 Å². The second-order valence-electron chi connectivity index (χ2n) is 5.16. The maximum Gasteiger partial charge on any atom is 0.289 e. The summed E-state index contributed by atoms with van der Waals surface area (Å²) in [6.45, 7) is 1.80. The monoisotopic (exact) mass is 318 g/mol. The van der Waals surface area contributed by atoms with Crippen LogP contribution in [0.25, 0.3) is 0 Å². The molecular weight excluding hydrogens is 304 g/mol. The lowest BCUT2D eigenvalue weighted by Gasteiger charge is -2.07. The third kappa shape index (κ3) is 2.28. The first kappa shape index (κ1) is 14.7. The molecule has 0 amide bonds. The quantitative estimate of drug-likeness (QED) is 0.493. The molecule has 114 valence electrons. The van der Waals surface area contributed by atoms with Gasteiger partial charge in [-0.15, -0.1) is 0 Å². The molecule has 1 aliphatic rings. The molecule has 0 bridgehead atoms. The van der Waals surface area contributed by atoms with E-state index >= 15 is 0 Å². The zero-order valence-electron chi connectivity index (χ0n) is 11.8. The van der Waals surface area contributed by atoms with Crippen LogP contribution in [-0.2, 0) is 10.0 Å². The smallest absolute Gasteiger partial charge is 0.258 e. The van der Waals surface area contributed by atoms with E-state index in [1.54, 1.807) is 6.92 Å². The topological polar surface area (TPSA) is 80.3 Å². The number of nitro benzene ring substituents is 1. The third-order valence-corrected chi connectivity index (χ3v) is 5.82. The molecule has 1 fully saturated rings. The molecule has 1 heterocycles. The molecule has 7 heteroatoms. The minimum Gasteiger partial charge on any atom is -0.258 e. The van der Waals surface area contributed by atoms with Crippen LogP contribution < -0.4 is 0 Å². The number of nitro groups is 1. The molecule has 1 unspecified atom stereocenters. The molecule has 0 N–H and O–H groups in total. The number of rotatable bonds is 4. The zero-order chi connectivity index (χ0) is 15.9. The van der Waals surface area contributed by atoms with Crippen LogP contribution >= 0.6 is 0 Å². The normalized spacial score (nSPS) is 24.0. The Hall–Kier alpha value is -2.25. The highest BCUT2D eigenvalue weighted by molar-refractivity contribution is 7.89. The van der Waals surface area contributed by atoms with Gasteiger partial charge in [0, 0.05) is 12.1 Å². The summed E-state index contributed by atoms with van der Waals surface area (Å²) in [5.41, 5.74) is 0.491. The van der Waals surface area contributed by atoms with Gasteiger partial charge in [0.2, 0.25) is 0 Å². The number of sulfonamides is 1. The Morgan fingerprint density at radius 1 is 1.05 bits per heavy atom. The van der Waals surface area contributed by atoms with Gasteiger partial charge in [-0.05, 0) is 18.6 Å². The maximum atomic E-state index is 12.7. The Kier molecular flexibility index (Phi) is 3.46. The van der Waals surface area contributed by atoms with Crippen molar-refractivity contribution in [2.45, 2.75) is 23.9 Å². The zero-order valence-corrected chi connectivity index (χ0v) is 12.6. The number of hydrogen-bond donors (Lipinski definition) is 0. The van der Waals surface area contributed by atoms with Crippen LogP contribution in [0.4, 0.5) is 5.69 Å². The first-order valence-corrected chi connectivity index (χ1v) is 8.20. The van der Waals surface area contributed by atoms with Gasteiger partial charge in [0.1, 0.15) is 0 Å². The van der Waals surface area contributed by atoms with E-state index in [0.717, 1.165) is 5.56 Å². The Morgan fingerprint density at radius 3 is 2.27 bits per heavy atom. The largest absolute Gasteiger partial charge is 0.289 e. The number of benzene rings is 2. The van der Waals surface area contributed by atoms with E-state index in [0.29, 0.717) is 0 Å². The van der Waals surface area contributed by atoms with Crippen molar-refractivity contribution in [2.24, 2.45) is 0 Å². The van der Waals surface area contributed by atoms with Crippen molar-refractivity contribution < 1.29 is 13.3 Å². The lowest BCUT2D eigenvalue weighted by molar-refractivity contribution is -0.387. The van der Waals surface area contributed by atoms with Crippen LogP contribution in [0.5, 0.6) is 0 Å². The Labute approximate surface area is 128 Å². The van der Waals surface area contributed by atoms with Gasteiger partial charge in [0.25, 0.3) is 15.7 Å². The molecule has 2 aromatic rings. The second kappa shape index (κ2) is 5.19. The van der Waals surface area contributed by atoms with Gasteiger partial charge in [-0.2, -0.15) is 4.31 Å². The average molecular weight is 318 g/mol. The fourth-order valence-electron chi connectivity index (χ4n) is 2.71. The first-order chi connectivity index (χ1) is 10.4. The molecule has 3 atom stereocenters. The average Bonchev–Trinajstić information content (AvgIpc) is 3.20.